The first-order valence-electron chi connectivity index (χ1n) is 11.8. The minimum atomic E-state index is -4.86. The summed E-state index contributed by atoms with van der Waals surface area (Å²) >= 11 is 0. The fraction of sp³-hybridized carbons (Fsp3) is 0.308. The third-order valence-corrected chi connectivity index (χ3v) is 8.17. The van der Waals surface area contributed by atoms with Crippen molar-refractivity contribution in [1.29, 1.82) is 4.78 Å². The first-order valence-corrected chi connectivity index (χ1v) is 13.3. The van der Waals surface area contributed by atoms with Crippen LogP contribution in [0.1, 0.15) is 11.1 Å². The zero-order valence-corrected chi connectivity index (χ0v) is 20.5. The van der Waals surface area contributed by atoms with E-state index in [4.69, 9.17) is 9.52 Å². The van der Waals surface area contributed by atoms with Gasteiger partial charge in [0.2, 0.25) is 0 Å². The standard InChI is InChI=1S/C26H26F3N3O4S/c27-26(28,29)36-19-11-13-20(14-12-19)37(30,34)31-21-15-35-16-24(25(21)33)32-22-7-3-1-5-17(22)9-10-18-6-2-4-8-23(18)32/h1-8,11-14,21,24-25,33H,9-10,15-16H2,(H2,30,31,34). The maximum absolute atomic E-state index is 13.2. The molecule has 0 spiro atoms. The van der Waals surface area contributed by atoms with E-state index in [1.807, 2.05) is 36.4 Å². The van der Waals surface area contributed by atoms with Crippen LogP contribution >= 0.6 is 0 Å². The van der Waals surface area contributed by atoms with Gasteiger partial charge >= 0.3 is 6.36 Å². The summed E-state index contributed by atoms with van der Waals surface area (Å²) in [6.45, 7) is 0.227. The Hall–Kier alpha value is -3.12. The second-order valence-electron chi connectivity index (χ2n) is 9.02. The highest BCUT2D eigenvalue weighted by Crippen LogP contribution is 2.39. The Morgan fingerprint density at radius 3 is 2.08 bits per heavy atom. The van der Waals surface area contributed by atoms with Crippen molar-refractivity contribution in [2.24, 2.45) is 0 Å². The van der Waals surface area contributed by atoms with E-state index in [1.165, 1.54) is 0 Å². The van der Waals surface area contributed by atoms with Crippen LogP contribution in [0.25, 0.3) is 0 Å². The Morgan fingerprint density at radius 2 is 1.51 bits per heavy atom. The van der Waals surface area contributed by atoms with Gasteiger partial charge in [-0.1, -0.05) is 36.4 Å². The highest BCUT2D eigenvalue weighted by Gasteiger charge is 2.40. The molecule has 0 bridgehead atoms. The van der Waals surface area contributed by atoms with Gasteiger partial charge in [0.15, 0.2) is 0 Å². The molecule has 0 aromatic heterocycles. The Morgan fingerprint density at radius 1 is 0.946 bits per heavy atom. The number of halogens is 3. The topological polar surface area (TPSA) is 94.9 Å². The second kappa shape index (κ2) is 9.97. The van der Waals surface area contributed by atoms with Gasteiger partial charge in [-0.05, 0) is 60.4 Å². The molecule has 4 unspecified atom stereocenters. The SMILES string of the molecule is N=S(=O)(NC1COCC(N2c3ccccc3CCc3ccccc32)C1O)c1ccc(OC(F)(F)F)cc1. The van der Waals surface area contributed by atoms with Crippen LogP contribution in [0.2, 0.25) is 0 Å². The molecule has 0 aliphatic carbocycles. The van der Waals surface area contributed by atoms with Crippen LogP contribution in [0, 0.1) is 4.78 Å². The highest BCUT2D eigenvalue weighted by atomic mass is 32.2. The number of fused-ring (bicyclic) bond motifs is 2. The van der Waals surface area contributed by atoms with Crippen LogP contribution in [0.5, 0.6) is 5.75 Å². The number of ether oxygens (including phenoxy) is 2. The molecule has 1 fully saturated rings. The third-order valence-electron chi connectivity index (χ3n) is 6.60. The summed E-state index contributed by atoms with van der Waals surface area (Å²) in [6, 6.07) is 18.8. The van der Waals surface area contributed by atoms with Crippen molar-refractivity contribution in [3.63, 3.8) is 0 Å². The zero-order chi connectivity index (χ0) is 26.2. The molecule has 3 aromatic carbocycles. The molecular weight excluding hydrogens is 507 g/mol. The van der Waals surface area contributed by atoms with Gasteiger partial charge in [-0.15, -0.1) is 13.2 Å². The van der Waals surface area contributed by atoms with Crippen molar-refractivity contribution in [2.75, 3.05) is 18.1 Å². The van der Waals surface area contributed by atoms with E-state index in [9.17, 15) is 22.5 Å². The predicted octanol–water partition coefficient (Wildman–Crippen LogP) is 4.56. The summed E-state index contributed by atoms with van der Waals surface area (Å²) in [5.74, 6) is -0.481. The molecule has 2 heterocycles. The minimum absolute atomic E-state index is 0.0138. The second-order valence-corrected chi connectivity index (χ2v) is 10.8. The van der Waals surface area contributed by atoms with Crippen LogP contribution in [0.4, 0.5) is 24.5 Å². The molecule has 196 valence electrons. The molecule has 2 aliphatic rings. The van der Waals surface area contributed by atoms with Gasteiger partial charge < -0.3 is 19.5 Å². The Kier molecular flexibility index (Phi) is 6.88. The van der Waals surface area contributed by atoms with Crippen molar-refractivity contribution < 1.29 is 32.0 Å². The van der Waals surface area contributed by atoms with Gasteiger partial charge in [-0.2, -0.15) is 0 Å². The monoisotopic (exact) mass is 533 g/mol. The predicted molar refractivity (Wildman–Crippen MR) is 132 cm³/mol. The molecule has 0 radical (unpaired) electrons. The number of nitrogens with one attached hydrogen (secondary N) is 2. The van der Waals surface area contributed by atoms with Crippen LogP contribution in [-0.4, -0.2) is 47.1 Å². The van der Waals surface area contributed by atoms with Crippen molar-refractivity contribution in [3.8, 4) is 5.75 Å². The number of hydrogen-bond acceptors (Lipinski definition) is 6. The number of nitrogens with zero attached hydrogens (tertiary/aromatic N) is 1. The minimum Gasteiger partial charge on any atom is -0.406 e. The van der Waals surface area contributed by atoms with E-state index in [2.05, 4.69) is 26.5 Å². The Bertz CT molecular complexity index is 1320. The van der Waals surface area contributed by atoms with E-state index in [-0.39, 0.29) is 18.1 Å². The van der Waals surface area contributed by atoms with Crippen LogP contribution in [-0.2, 0) is 27.5 Å². The van der Waals surface area contributed by atoms with E-state index in [0.29, 0.717) is 0 Å². The Labute approximate surface area is 212 Å². The summed E-state index contributed by atoms with van der Waals surface area (Å²) in [4.78, 5) is 2.02. The van der Waals surface area contributed by atoms with Crippen molar-refractivity contribution in [1.82, 2.24) is 4.72 Å². The summed E-state index contributed by atoms with van der Waals surface area (Å²) < 4.78 is 71.4. The van der Waals surface area contributed by atoms with Gasteiger partial charge in [-0.25, -0.2) is 13.7 Å². The molecule has 37 heavy (non-hydrogen) atoms. The normalized spacial score (nSPS) is 23.4. The number of benzene rings is 3. The summed E-state index contributed by atoms with van der Waals surface area (Å²) in [6.07, 6.45) is -4.25. The number of aliphatic hydroxyl groups is 1. The Balaban J connectivity index is 1.41. The number of alkyl halides is 3. The maximum atomic E-state index is 13.2. The summed E-state index contributed by atoms with van der Waals surface area (Å²) in [5, 5.41) is 11.5. The highest BCUT2D eigenvalue weighted by molar-refractivity contribution is 7.90. The number of anilines is 2. The molecule has 4 atom stereocenters. The summed E-state index contributed by atoms with van der Waals surface area (Å²) in [7, 11) is -3.68. The van der Waals surface area contributed by atoms with Gasteiger partial charge in [-0.3, -0.25) is 0 Å². The summed E-state index contributed by atoms with van der Waals surface area (Å²) in [5.41, 5.74) is 4.16. The fourth-order valence-corrected chi connectivity index (χ4v) is 6.19. The van der Waals surface area contributed by atoms with E-state index in [0.717, 1.165) is 59.6 Å². The molecular formula is C26H26F3N3O4S. The molecule has 0 amide bonds. The fourth-order valence-electron chi connectivity index (χ4n) is 4.90. The number of aryl methyl sites for hydroxylation is 2. The molecule has 0 saturated carbocycles. The van der Waals surface area contributed by atoms with Gasteiger partial charge in [0.1, 0.15) is 15.7 Å². The van der Waals surface area contributed by atoms with Crippen LogP contribution < -0.4 is 14.4 Å². The smallest absolute Gasteiger partial charge is 0.406 e. The lowest BCUT2D eigenvalue weighted by molar-refractivity contribution is -0.274. The zero-order valence-electron chi connectivity index (χ0n) is 19.6. The van der Waals surface area contributed by atoms with Crippen molar-refractivity contribution >= 4 is 21.3 Å². The number of aliphatic hydroxyl groups excluding tert-OH is 1. The largest absolute Gasteiger partial charge is 0.573 e. The molecule has 5 rings (SSSR count). The first-order chi connectivity index (χ1) is 17.6. The lowest BCUT2D eigenvalue weighted by atomic mass is 9.98. The number of hydrogen-bond donors (Lipinski definition) is 3. The molecule has 7 nitrogen and oxygen atoms in total. The van der Waals surface area contributed by atoms with Crippen LogP contribution in [0.3, 0.4) is 0 Å². The van der Waals surface area contributed by atoms with Crippen molar-refractivity contribution in [2.45, 2.75) is 42.3 Å². The third kappa shape index (κ3) is 5.45. The van der Waals surface area contributed by atoms with E-state index < -0.39 is 40.2 Å². The lowest BCUT2D eigenvalue weighted by Crippen LogP contribution is -2.60. The molecule has 3 aromatic rings. The maximum Gasteiger partial charge on any atom is 0.573 e. The molecule has 11 heteroatoms. The van der Waals surface area contributed by atoms with E-state index >= 15 is 0 Å². The van der Waals surface area contributed by atoms with E-state index in [1.54, 1.807) is 0 Å². The first kappa shape index (κ1) is 25.5. The van der Waals surface area contributed by atoms with Crippen LogP contribution in [0.15, 0.2) is 77.7 Å². The average Bonchev–Trinajstić information content (AvgIpc) is 3.02. The molecule has 3 N–H and O–H groups in total. The van der Waals surface area contributed by atoms with Gasteiger partial charge in [0.05, 0.1) is 36.3 Å². The quantitative estimate of drug-likeness (QED) is 0.447. The number of para-hydroxylation sites is 2. The van der Waals surface area contributed by atoms with Crippen molar-refractivity contribution in [3.05, 3.63) is 83.9 Å². The lowest BCUT2D eigenvalue weighted by Gasteiger charge is -2.43. The van der Waals surface area contributed by atoms with Gasteiger partial charge in [0, 0.05) is 11.4 Å². The average molecular weight is 534 g/mol. The molecule has 1 saturated heterocycles. The van der Waals surface area contributed by atoms with Gasteiger partial charge in [0.25, 0.3) is 0 Å². The molecule has 2 aliphatic heterocycles. The number of rotatable bonds is 5.